The van der Waals surface area contributed by atoms with Crippen molar-refractivity contribution in [2.45, 2.75) is 63.8 Å². The van der Waals surface area contributed by atoms with Crippen LogP contribution in [0.5, 0.6) is 0 Å². The molecule has 1 amide bonds. The first kappa shape index (κ1) is 12.9. The molecule has 1 heterocycles. The van der Waals surface area contributed by atoms with E-state index in [1.165, 1.54) is 57.8 Å². The molecule has 0 atom stereocenters. The number of hydrogen-bond acceptors (Lipinski definition) is 2. The molecule has 2 fully saturated rings. The lowest BCUT2D eigenvalue weighted by atomic mass is 10.1. The van der Waals surface area contributed by atoms with Crippen LogP contribution in [0.15, 0.2) is 0 Å². The van der Waals surface area contributed by atoms with Crippen LogP contribution in [-0.2, 0) is 4.79 Å². The monoisotopic (exact) mass is 238 g/mol. The molecule has 1 saturated carbocycles. The van der Waals surface area contributed by atoms with Gasteiger partial charge in [0.1, 0.15) is 0 Å². The number of hydrogen-bond donors (Lipinski definition) is 1. The summed E-state index contributed by atoms with van der Waals surface area (Å²) in [6, 6.07) is 0.605. The second-order valence-corrected chi connectivity index (χ2v) is 5.51. The highest BCUT2D eigenvalue weighted by Gasteiger charge is 2.18. The largest absolute Gasteiger partial charge is 0.342 e. The Morgan fingerprint density at radius 3 is 2.18 bits per heavy atom. The van der Waals surface area contributed by atoms with Crippen molar-refractivity contribution in [1.82, 2.24) is 10.2 Å². The summed E-state index contributed by atoms with van der Waals surface area (Å²) in [5.41, 5.74) is 0. The third-order valence-corrected chi connectivity index (χ3v) is 4.11. The van der Waals surface area contributed by atoms with Crippen LogP contribution in [0.25, 0.3) is 0 Å². The molecule has 17 heavy (non-hydrogen) atoms. The Labute approximate surface area is 105 Å². The molecule has 0 aromatic rings. The van der Waals surface area contributed by atoms with Crippen molar-refractivity contribution in [3.05, 3.63) is 0 Å². The van der Waals surface area contributed by atoms with Crippen LogP contribution in [-0.4, -0.2) is 36.5 Å². The molecule has 1 aliphatic carbocycles. The lowest BCUT2D eigenvalue weighted by Crippen LogP contribution is -2.42. The first-order valence-corrected chi connectivity index (χ1v) is 7.37. The van der Waals surface area contributed by atoms with Crippen LogP contribution >= 0.6 is 0 Å². The standard InChI is InChI=1S/C14H26N2O/c17-14(12-15-13-8-4-5-9-13)16-10-6-2-1-3-7-11-16/h13,15H,1-12H2. The maximum atomic E-state index is 12.1. The molecule has 1 saturated heterocycles. The minimum atomic E-state index is 0.318. The molecule has 1 N–H and O–H groups in total. The van der Waals surface area contributed by atoms with Crippen molar-refractivity contribution in [1.29, 1.82) is 0 Å². The molecule has 0 radical (unpaired) electrons. The van der Waals surface area contributed by atoms with Crippen LogP contribution in [0.1, 0.15) is 57.8 Å². The summed E-state index contributed by atoms with van der Waals surface area (Å²) < 4.78 is 0. The van der Waals surface area contributed by atoms with E-state index in [-0.39, 0.29) is 0 Å². The van der Waals surface area contributed by atoms with E-state index >= 15 is 0 Å². The van der Waals surface area contributed by atoms with Gasteiger partial charge in [0.25, 0.3) is 0 Å². The van der Waals surface area contributed by atoms with Gasteiger partial charge in [-0.1, -0.05) is 32.1 Å². The van der Waals surface area contributed by atoms with Gasteiger partial charge in [-0.05, 0) is 25.7 Å². The van der Waals surface area contributed by atoms with Gasteiger partial charge in [-0.2, -0.15) is 0 Å². The maximum absolute atomic E-state index is 12.1. The van der Waals surface area contributed by atoms with Crippen molar-refractivity contribution in [3.63, 3.8) is 0 Å². The lowest BCUT2D eigenvalue weighted by molar-refractivity contribution is -0.130. The Morgan fingerprint density at radius 2 is 1.53 bits per heavy atom. The average Bonchev–Trinajstić information content (AvgIpc) is 2.78. The van der Waals surface area contributed by atoms with Crippen LogP contribution in [0, 0.1) is 0 Å². The summed E-state index contributed by atoms with van der Waals surface area (Å²) in [5, 5.41) is 3.42. The van der Waals surface area contributed by atoms with Gasteiger partial charge < -0.3 is 10.2 Å². The summed E-state index contributed by atoms with van der Waals surface area (Å²) in [5.74, 6) is 0.318. The van der Waals surface area contributed by atoms with Crippen LogP contribution in [0.3, 0.4) is 0 Å². The van der Waals surface area contributed by atoms with Crippen molar-refractivity contribution in [2.75, 3.05) is 19.6 Å². The third-order valence-electron chi connectivity index (χ3n) is 4.11. The van der Waals surface area contributed by atoms with Crippen molar-refractivity contribution in [2.24, 2.45) is 0 Å². The molecule has 0 aromatic carbocycles. The van der Waals surface area contributed by atoms with E-state index in [0.29, 0.717) is 18.5 Å². The molecule has 0 unspecified atom stereocenters. The second-order valence-electron chi connectivity index (χ2n) is 5.51. The number of likely N-dealkylation sites (tertiary alicyclic amines) is 1. The van der Waals surface area contributed by atoms with E-state index in [1.807, 2.05) is 0 Å². The van der Waals surface area contributed by atoms with E-state index in [0.717, 1.165) is 13.1 Å². The van der Waals surface area contributed by atoms with Crippen LogP contribution in [0.4, 0.5) is 0 Å². The zero-order valence-electron chi connectivity index (χ0n) is 10.9. The van der Waals surface area contributed by atoms with Gasteiger partial charge in [0, 0.05) is 19.1 Å². The fourth-order valence-corrected chi connectivity index (χ4v) is 2.97. The van der Waals surface area contributed by atoms with E-state index < -0.39 is 0 Å². The summed E-state index contributed by atoms with van der Waals surface area (Å²) >= 11 is 0. The molecule has 2 rings (SSSR count). The molecule has 3 heteroatoms. The highest BCUT2D eigenvalue weighted by molar-refractivity contribution is 5.78. The number of carbonyl (C=O) groups is 1. The van der Waals surface area contributed by atoms with Crippen LogP contribution < -0.4 is 5.32 Å². The van der Waals surface area contributed by atoms with Crippen LogP contribution in [0.2, 0.25) is 0 Å². The second kappa shape index (κ2) is 7.00. The smallest absolute Gasteiger partial charge is 0.236 e. The summed E-state index contributed by atoms with van der Waals surface area (Å²) in [7, 11) is 0. The van der Waals surface area contributed by atoms with E-state index in [1.54, 1.807) is 0 Å². The van der Waals surface area contributed by atoms with E-state index in [2.05, 4.69) is 10.2 Å². The number of carbonyl (C=O) groups excluding carboxylic acids is 1. The number of rotatable bonds is 3. The summed E-state index contributed by atoms with van der Waals surface area (Å²) in [4.78, 5) is 14.2. The van der Waals surface area contributed by atoms with Gasteiger partial charge in [0.2, 0.25) is 5.91 Å². The quantitative estimate of drug-likeness (QED) is 0.818. The van der Waals surface area contributed by atoms with Crippen molar-refractivity contribution < 1.29 is 4.79 Å². The first-order chi connectivity index (χ1) is 8.36. The van der Waals surface area contributed by atoms with E-state index in [4.69, 9.17) is 0 Å². The molecule has 2 aliphatic rings. The van der Waals surface area contributed by atoms with E-state index in [9.17, 15) is 4.79 Å². The number of nitrogens with zero attached hydrogens (tertiary/aromatic N) is 1. The third kappa shape index (κ3) is 4.30. The zero-order valence-corrected chi connectivity index (χ0v) is 10.9. The van der Waals surface area contributed by atoms with Gasteiger partial charge in [-0.3, -0.25) is 4.79 Å². The Kier molecular flexibility index (Phi) is 5.30. The van der Waals surface area contributed by atoms with Gasteiger partial charge >= 0.3 is 0 Å². The first-order valence-electron chi connectivity index (χ1n) is 7.37. The molecule has 1 aliphatic heterocycles. The highest BCUT2D eigenvalue weighted by Crippen LogP contribution is 2.17. The minimum Gasteiger partial charge on any atom is -0.342 e. The summed E-state index contributed by atoms with van der Waals surface area (Å²) in [6.07, 6.45) is 11.5. The van der Waals surface area contributed by atoms with Gasteiger partial charge in [-0.15, -0.1) is 0 Å². The highest BCUT2D eigenvalue weighted by atomic mass is 16.2. The average molecular weight is 238 g/mol. The number of nitrogens with one attached hydrogen (secondary N) is 1. The lowest BCUT2D eigenvalue weighted by Gasteiger charge is -2.25. The predicted molar refractivity (Wildman–Crippen MR) is 69.9 cm³/mol. The Morgan fingerprint density at radius 1 is 0.941 bits per heavy atom. The summed E-state index contributed by atoms with van der Waals surface area (Å²) in [6.45, 7) is 2.51. The molecule has 0 bridgehead atoms. The Bertz CT molecular complexity index is 228. The predicted octanol–water partition coefficient (Wildman–Crippen LogP) is 2.31. The van der Waals surface area contributed by atoms with Gasteiger partial charge in [0.15, 0.2) is 0 Å². The molecular weight excluding hydrogens is 212 g/mol. The minimum absolute atomic E-state index is 0.318. The normalized spacial score (nSPS) is 23.4. The fourth-order valence-electron chi connectivity index (χ4n) is 2.97. The molecular formula is C14H26N2O. The fraction of sp³-hybridized carbons (Fsp3) is 0.929. The zero-order chi connectivity index (χ0) is 11.9. The maximum Gasteiger partial charge on any atom is 0.236 e. The Balaban J connectivity index is 1.69. The molecule has 98 valence electrons. The van der Waals surface area contributed by atoms with Gasteiger partial charge in [0.05, 0.1) is 6.54 Å². The van der Waals surface area contributed by atoms with Gasteiger partial charge in [-0.25, -0.2) is 0 Å². The topological polar surface area (TPSA) is 32.3 Å². The van der Waals surface area contributed by atoms with Crippen molar-refractivity contribution >= 4 is 5.91 Å². The molecule has 3 nitrogen and oxygen atoms in total. The molecule has 0 spiro atoms. The van der Waals surface area contributed by atoms with Crippen molar-refractivity contribution in [3.8, 4) is 0 Å². The molecule has 0 aromatic heterocycles. The Hall–Kier alpha value is -0.570. The number of amides is 1. The SMILES string of the molecule is O=C(CNC1CCCC1)N1CCCCCCC1.